The highest BCUT2D eigenvalue weighted by atomic mass is 35.5. The van der Waals surface area contributed by atoms with E-state index < -0.39 is 10.8 Å². The number of halogens is 1. The number of para-hydroxylation sites is 1. The van der Waals surface area contributed by atoms with Crippen LogP contribution in [0.1, 0.15) is 22.8 Å². The lowest BCUT2D eigenvalue weighted by molar-refractivity contribution is -0.385. The molecule has 3 rings (SSSR count). The Hall–Kier alpha value is -3.52. The number of nitrogens with one attached hydrogen (secondary N) is 1. The van der Waals surface area contributed by atoms with Crippen molar-refractivity contribution in [3.8, 4) is 5.75 Å². The van der Waals surface area contributed by atoms with Gasteiger partial charge in [-0.25, -0.2) is 10.4 Å². The first-order valence-electron chi connectivity index (χ1n) is 8.29. The zero-order valence-corrected chi connectivity index (χ0v) is 15.5. The minimum atomic E-state index is -0.699. The molecule has 0 bridgehead atoms. The van der Waals surface area contributed by atoms with Crippen LogP contribution in [0, 0.1) is 10.1 Å². The molecular weight excluding hydrogens is 384 g/mol. The van der Waals surface area contributed by atoms with Crippen LogP contribution in [0.4, 0.5) is 5.69 Å². The summed E-state index contributed by atoms with van der Waals surface area (Å²) < 4.78 is 5.44. The number of amides is 1. The predicted molar refractivity (Wildman–Crippen MR) is 106 cm³/mol. The van der Waals surface area contributed by atoms with E-state index >= 15 is 0 Å². The zero-order chi connectivity index (χ0) is 20.1. The van der Waals surface area contributed by atoms with Gasteiger partial charge in [-0.1, -0.05) is 23.7 Å². The molecule has 0 atom stereocenters. The molecule has 8 nitrogen and oxygen atoms in total. The number of ether oxygens (including phenoxy) is 1. The summed E-state index contributed by atoms with van der Waals surface area (Å²) >= 11 is 6.19. The number of carbonyl (C=O) groups is 1. The highest BCUT2D eigenvalue weighted by Crippen LogP contribution is 2.23. The van der Waals surface area contributed by atoms with Crippen LogP contribution >= 0.6 is 11.6 Å². The van der Waals surface area contributed by atoms with Crippen molar-refractivity contribution in [2.24, 2.45) is 5.10 Å². The fraction of sp³-hybridized carbons (Fsp3) is 0.105. The van der Waals surface area contributed by atoms with E-state index in [1.807, 2.05) is 19.1 Å². The smallest absolute Gasteiger partial charge is 0.282 e. The molecule has 0 aliphatic carbocycles. The Morgan fingerprint density at radius 3 is 2.86 bits per heavy atom. The summed E-state index contributed by atoms with van der Waals surface area (Å²) in [5, 5.41) is 15.9. The van der Waals surface area contributed by atoms with E-state index in [1.165, 1.54) is 30.5 Å². The van der Waals surface area contributed by atoms with Crippen LogP contribution in [-0.2, 0) is 0 Å². The summed E-state index contributed by atoms with van der Waals surface area (Å²) in [4.78, 5) is 26.9. The second-order valence-corrected chi connectivity index (χ2v) is 5.99. The summed E-state index contributed by atoms with van der Waals surface area (Å²) in [6.07, 6.45) is 1.33. The van der Waals surface area contributed by atoms with Gasteiger partial charge >= 0.3 is 0 Å². The Morgan fingerprint density at radius 2 is 2.11 bits per heavy atom. The maximum atomic E-state index is 12.2. The molecule has 0 aliphatic heterocycles. The van der Waals surface area contributed by atoms with Crippen LogP contribution in [0.2, 0.25) is 5.15 Å². The molecule has 9 heteroatoms. The number of hydrogen-bond acceptors (Lipinski definition) is 6. The first kappa shape index (κ1) is 19.2. The third kappa shape index (κ3) is 4.24. The molecule has 142 valence electrons. The summed E-state index contributed by atoms with van der Waals surface area (Å²) in [7, 11) is 0. The highest BCUT2D eigenvalue weighted by Gasteiger charge is 2.18. The lowest BCUT2D eigenvalue weighted by Crippen LogP contribution is -2.19. The molecular formula is C19H15ClN4O4. The fourth-order valence-corrected chi connectivity index (χ4v) is 2.73. The van der Waals surface area contributed by atoms with Gasteiger partial charge in [0.25, 0.3) is 11.6 Å². The van der Waals surface area contributed by atoms with E-state index in [9.17, 15) is 14.9 Å². The van der Waals surface area contributed by atoms with Gasteiger partial charge in [0.05, 0.1) is 23.3 Å². The molecule has 1 heterocycles. The Morgan fingerprint density at radius 1 is 1.32 bits per heavy atom. The lowest BCUT2D eigenvalue weighted by Gasteiger charge is -2.06. The number of carbonyl (C=O) groups excluding carboxylic acids is 1. The van der Waals surface area contributed by atoms with Gasteiger partial charge < -0.3 is 4.74 Å². The van der Waals surface area contributed by atoms with Crippen LogP contribution in [0.5, 0.6) is 5.75 Å². The van der Waals surface area contributed by atoms with E-state index in [1.54, 1.807) is 12.1 Å². The number of nitro benzene ring substituents is 1. The van der Waals surface area contributed by atoms with Crippen molar-refractivity contribution in [3.63, 3.8) is 0 Å². The monoisotopic (exact) mass is 398 g/mol. The molecule has 0 spiro atoms. The molecule has 2 aromatic carbocycles. The third-order valence-corrected chi connectivity index (χ3v) is 4.10. The largest absolute Gasteiger partial charge is 0.494 e. The summed E-state index contributed by atoms with van der Waals surface area (Å²) in [6, 6.07) is 12.8. The molecule has 3 aromatic rings. The van der Waals surface area contributed by atoms with Crippen LogP contribution in [0.3, 0.4) is 0 Å². The Labute approximate surface area is 164 Å². The van der Waals surface area contributed by atoms with Crippen LogP contribution in [-0.4, -0.2) is 28.6 Å². The van der Waals surface area contributed by atoms with Crippen molar-refractivity contribution < 1.29 is 14.5 Å². The van der Waals surface area contributed by atoms with Crippen molar-refractivity contribution in [2.75, 3.05) is 6.61 Å². The SMILES string of the molecule is CCOc1ccc2cc(C=NNC(=O)c3ccccc3[N+](=O)[O-])c(Cl)nc2c1. The van der Waals surface area contributed by atoms with E-state index in [0.717, 1.165) is 5.39 Å². The van der Waals surface area contributed by atoms with E-state index in [4.69, 9.17) is 16.3 Å². The van der Waals surface area contributed by atoms with Crippen molar-refractivity contribution in [1.82, 2.24) is 10.4 Å². The first-order valence-corrected chi connectivity index (χ1v) is 8.67. The standard InChI is InChI=1S/C19H15ClN4O4/c1-2-28-14-8-7-12-9-13(18(20)22-16(12)10-14)11-21-23-19(25)15-5-3-4-6-17(15)24(26)27/h3-11H,2H2,1H3,(H,23,25). The van der Waals surface area contributed by atoms with Crippen LogP contribution < -0.4 is 10.2 Å². The van der Waals surface area contributed by atoms with E-state index in [-0.39, 0.29) is 16.4 Å². The second-order valence-electron chi connectivity index (χ2n) is 5.63. The number of hydrogen-bond donors (Lipinski definition) is 1. The van der Waals surface area contributed by atoms with Gasteiger partial charge in [-0.15, -0.1) is 0 Å². The van der Waals surface area contributed by atoms with Crippen molar-refractivity contribution in [3.05, 3.63) is 74.9 Å². The van der Waals surface area contributed by atoms with Gasteiger partial charge in [0.15, 0.2) is 0 Å². The molecule has 0 fully saturated rings. The Kier molecular flexibility index (Phi) is 5.81. The molecule has 28 heavy (non-hydrogen) atoms. The summed E-state index contributed by atoms with van der Waals surface area (Å²) in [6.45, 7) is 2.44. The average Bonchev–Trinajstić information content (AvgIpc) is 2.68. The first-order chi connectivity index (χ1) is 13.5. The molecule has 0 saturated heterocycles. The van der Waals surface area contributed by atoms with Crippen molar-refractivity contribution in [1.29, 1.82) is 0 Å². The summed E-state index contributed by atoms with van der Waals surface area (Å²) in [5.74, 6) is -0.00789. The zero-order valence-electron chi connectivity index (χ0n) is 14.8. The average molecular weight is 399 g/mol. The molecule has 1 aromatic heterocycles. The predicted octanol–water partition coefficient (Wildman–Crippen LogP) is 3.96. The molecule has 1 N–H and O–H groups in total. The Bertz CT molecular complexity index is 1080. The molecule has 0 saturated carbocycles. The minimum absolute atomic E-state index is 0.0872. The van der Waals surface area contributed by atoms with E-state index in [0.29, 0.717) is 23.4 Å². The second kappa shape index (κ2) is 8.45. The van der Waals surface area contributed by atoms with Gasteiger partial charge in [-0.3, -0.25) is 14.9 Å². The van der Waals surface area contributed by atoms with Crippen molar-refractivity contribution >= 4 is 40.3 Å². The van der Waals surface area contributed by atoms with Gasteiger partial charge in [0.2, 0.25) is 0 Å². The van der Waals surface area contributed by atoms with Gasteiger partial charge in [0, 0.05) is 23.1 Å². The molecule has 0 aliphatic rings. The third-order valence-electron chi connectivity index (χ3n) is 3.80. The van der Waals surface area contributed by atoms with Crippen LogP contribution in [0.15, 0.2) is 53.6 Å². The van der Waals surface area contributed by atoms with E-state index in [2.05, 4.69) is 15.5 Å². The van der Waals surface area contributed by atoms with Crippen molar-refractivity contribution in [2.45, 2.75) is 6.92 Å². The quantitative estimate of drug-likeness (QED) is 0.292. The molecule has 1 amide bonds. The maximum Gasteiger partial charge on any atom is 0.282 e. The molecule has 0 radical (unpaired) electrons. The lowest BCUT2D eigenvalue weighted by atomic mass is 10.1. The number of nitro groups is 1. The number of rotatable bonds is 6. The van der Waals surface area contributed by atoms with Gasteiger partial charge in [0.1, 0.15) is 16.5 Å². The maximum absolute atomic E-state index is 12.2. The number of fused-ring (bicyclic) bond motifs is 1. The van der Waals surface area contributed by atoms with Gasteiger partial charge in [-0.2, -0.15) is 5.10 Å². The van der Waals surface area contributed by atoms with Gasteiger partial charge in [-0.05, 0) is 31.2 Å². The Balaban J connectivity index is 1.80. The number of nitrogens with zero attached hydrogens (tertiary/aromatic N) is 3. The number of aromatic nitrogens is 1. The topological polar surface area (TPSA) is 107 Å². The normalized spacial score (nSPS) is 10.9. The fourth-order valence-electron chi connectivity index (χ4n) is 2.53. The highest BCUT2D eigenvalue weighted by molar-refractivity contribution is 6.32. The van der Waals surface area contributed by atoms with Crippen LogP contribution in [0.25, 0.3) is 10.9 Å². The minimum Gasteiger partial charge on any atom is -0.494 e. The summed E-state index contributed by atoms with van der Waals surface area (Å²) in [5.41, 5.74) is 3.03. The number of benzene rings is 2. The molecule has 0 unspecified atom stereocenters. The number of pyridine rings is 1. The number of hydrazone groups is 1.